The monoisotopic (exact) mass is 256 g/mol. The first-order valence-corrected chi connectivity index (χ1v) is 7.50. The Bertz CT molecular complexity index is 334. The number of hydrogen-bond donors (Lipinski definition) is 1. The third-order valence-corrected chi connectivity index (χ3v) is 5.01. The molecule has 0 spiro atoms. The predicted octanol–water partition coefficient (Wildman–Crippen LogP) is 1.01. The molecule has 4 unspecified atom stereocenters. The molecule has 1 saturated heterocycles. The van der Waals surface area contributed by atoms with Crippen molar-refractivity contribution in [3.8, 4) is 0 Å². The van der Waals surface area contributed by atoms with E-state index in [1.807, 2.05) is 23.6 Å². The van der Waals surface area contributed by atoms with Crippen LogP contribution in [0.4, 0.5) is 0 Å². The molecule has 2 rings (SSSR count). The fraction of sp³-hybridized carbons (Fsp3) is 0.833. The van der Waals surface area contributed by atoms with Crippen LogP contribution < -0.4 is 5.32 Å². The minimum absolute atomic E-state index is 0.0242. The average molecular weight is 256 g/mol. The fourth-order valence-corrected chi connectivity index (χ4v) is 3.87. The van der Waals surface area contributed by atoms with Gasteiger partial charge in [0, 0.05) is 11.3 Å². The second kappa shape index (κ2) is 4.88. The maximum Gasteiger partial charge on any atom is 0.245 e. The molecule has 2 aliphatic rings. The smallest absolute Gasteiger partial charge is 0.245 e. The van der Waals surface area contributed by atoms with Crippen LogP contribution in [-0.4, -0.2) is 46.3 Å². The highest BCUT2D eigenvalue weighted by Gasteiger charge is 2.43. The lowest BCUT2D eigenvalue weighted by atomic mass is 10.0. The molecule has 2 fully saturated rings. The van der Waals surface area contributed by atoms with Gasteiger partial charge in [0.1, 0.15) is 12.1 Å². The van der Waals surface area contributed by atoms with Crippen molar-refractivity contribution in [1.29, 1.82) is 0 Å². The number of hydrogen-bond acceptors (Lipinski definition) is 3. The number of amides is 2. The summed E-state index contributed by atoms with van der Waals surface area (Å²) in [4.78, 5) is 25.9. The lowest BCUT2D eigenvalue weighted by molar-refractivity contribution is -0.150. The Morgan fingerprint density at radius 1 is 1.29 bits per heavy atom. The predicted molar refractivity (Wildman–Crippen MR) is 68.9 cm³/mol. The Kier molecular flexibility index (Phi) is 3.66. The van der Waals surface area contributed by atoms with Gasteiger partial charge in [0.05, 0.1) is 0 Å². The number of carbonyl (C=O) groups is 2. The minimum atomic E-state index is -0.373. The number of piperazine rings is 1. The highest BCUT2D eigenvalue weighted by atomic mass is 32.2. The van der Waals surface area contributed by atoms with E-state index in [0.717, 1.165) is 19.3 Å². The number of nitrogens with zero attached hydrogens (tertiary/aromatic N) is 1. The molecule has 1 heterocycles. The molecule has 17 heavy (non-hydrogen) atoms. The van der Waals surface area contributed by atoms with Crippen LogP contribution in [-0.2, 0) is 9.59 Å². The molecule has 0 aromatic carbocycles. The molecule has 0 bridgehead atoms. The Hall–Kier alpha value is -0.710. The number of rotatable bonds is 2. The van der Waals surface area contributed by atoms with Gasteiger partial charge in [0.25, 0.3) is 0 Å². The van der Waals surface area contributed by atoms with E-state index >= 15 is 0 Å². The van der Waals surface area contributed by atoms with Gasteiger partial charge in [-0.1, -0.05) is 6.42 Å². The number of thioether (sulfide) groups is 1. The molecular weight excluding hydrogens is 236 g/mol. The third kappa shape index (κ3) is 2.17. The van der Waals surface area contributed by atoms with Crippen LogP contribution in [0, 0.1) is 0 Å². The Balaban J connectivity index is 2.21. The van der Waals surface area contributed by atoms with Crippen LogP contribution in [0.3, 0.4) is 0 Å². The van der Waals surface area contributed by atoms with Crippen LogP contribution in [0.25, 0.3) is 0 Å². The van der Waals surface area contributed by atoms with Crippen molar-refractivity contribution < 1.29 is 9.59 Å². The van der Waals surface area contributed by atoms with E-state index in [4.69, 9.17) is 0 Å². The molecule has 0 aromatic rings. The van der Waals surface area contributed by atoms with Gasteiger partial charge >= 0.3 is 0 Å². The molecule has 4 nitrogen and oxygen atoms in total. The molecule has 1 aliphatic carbocycles. The van der Waals surface area contributed by atoms with Crippen molar-refractivity contribution in [2.24, 2.45) is 0 Å². The first-order chi connectivity index (χ1) is 8.06. The van der Waals surface area contributed by atoms with Gasteiger partial charge in [-0.2, -0.15) is 11.8 Å². The van der Waals surface area contributed by atoms with Crippen molar-refractivity contribution in [1.82, 2.24) is 10.2 Å². The zero-order valence-electron chi connectivity index (χ0n) is 10.6. The Labute approximate surface area is 106 Å². The van der Waals surface area contributed by atoms with Crippen molar-refractivity contribution in [2.45, 2.75) is 56.5 Å². The van der Waals surface area contributed by atoms with Gasteiger partial charge in [0.2, 0.25) is 11.8 Å². The van der Waals surface area contributed by atoms with Crippen molar-refractivity contribution >= 4 is 23.6 Å². The van der Waals surface area contributed by atoms with E-state index in [1.165, 1.54) is 0 Å². The quantitative estimate of drug-likeness (QED) is 0.802. The van der Waals surface area contributed by atoms with E-state index in [1.54, 1.807) is 6.92 Å². The lowest BCUT2D eigenvalue weighted by Gasteiger charge is -2.41. The summed E-state index contributed by atoms with van der Waals surface area (Å²) in [7, 11) is 0. The Morgan fingerprint density at radius 2 is 2.00 bits per heavy atom. The van der Waals surface area contributed by atoms with Crippen LogP contribution in [0.2, 0.25) is 0 Å². The molecular formula is C12H20N2O2S. The Morgan fingerprint density at radius 3 is 2.65 bits per heavy atom. The molecule has 2 amide bonds. The largest absolute Gasteiger partial charge is 0.343 e. The SMILES string of the molecule is CSC1CCCC1N1C(=O)C(C)NC(=O)C1C. The van der Waals surface area contributed by atoms with Gasteiger partial charge in [-0.05, 0) is 32.9 Å². The van der Waals surface area contributed by atoms with Crippen molar-refractivity contribution in [3.63, 3.8) is 0 Å². The van der Waals surface area contributed by atoms with Gasteiger partial charge in [-0.15, -0.1) is 0 Å². The summed E-state index contributed by atoms with van der Waals surface area (Å²) >= 11 is 1.82. The van der Waals surface area contributed by atoms with Crippen molar-refractivity contribution in [3.05, 3.63) is 0 Å². The van der Waals surface area contributed by atoms with E-state index in [0.29, 0.717) is 5.25 Å². The summed E-state index contributed by atoms with van der Waals surface area (Å²) in [5, 5.41) is 3.21. The van der Waals surface area contributed by atoms with E-state index in [9.17, 15) is 9.59 Å². The minimum Gasteiger partial charge on any atom is -0.343 e. The molecule has 0 aromatic heterocycles. The van der Waals surface area contributed by atoms with Crippen molar-refractivity contribution in [2.75, 3.05) is 6.26 Å². The standard InChI is InChI=1S/C12H20N2O2S/c1-7-12(16)14(8(2)11(15)13-7)9-5-4-6-10(9)17-3/h7-10H,4-6H2,1-3H3,(H,13,15). The van der Waals surface area contributed by atoms with E-state index in [2.05, 4.69) is 11.6 Å². The summed E-state index contributed by atoms with van der Waals surface area (Å²) in [5.74, 6) is 0.0481. The van der Waals surface area contributed by atoms with Gasteiger partial charge < -0.3 is 10.2 Å². The van der Waals surface area contributed by atoms with E-state index < -0.39 is 0 Å². The van der Waals surface area contributed by atoms with Gasteiger partial charge in [-0.3, -0.25) is 9.59 Å². The van der Waals surface area contributed by atoms with Gasteiger partial charge in [-0.25, -0.2) is 0 Å². The van der Waals surface area contributed by atoms with E-state index in [-0.39, 0.29) is 29.9 Å². The third-order valence-electron chi connectivity index (χ3n) is 3.86. The number of nitrogens with one attached hydrogen (secondary N) is 1. The highest BCUT2D eigenvalue weighted by Crippen LogP contribution is 2.34. The van der Waals surface area contributed by atoms with Crippen LogP contribution in [0.1, 0.15) is 33.1 Å². The fourth-order valence-electron chi connectivity index (χ4n) is 2.89. The molecule has 0 radical (unpaired) electrons. The van der Waals surface area contributed by atoms with Gasteiger partial charge in [0.15, 0.2) is 0 Å². The maximum atomic E-state index is 12.2. The zero-order valence-corrected chi connectivity index (χ0v) is 11.4. The number of carbonyl (C=O) groups excluding carboxylic acids is 2. The zero-order chi connectivity index (χ0) is 12.6. The molecule has 4 atom stereocenters. The second-order valence-corrected chi connectivity index (χ2v) is 6.00. The normalized spacial score (nSPS) is 38.4. The topological polar surface area (TPSA) is 49.4 Å². The average Bonchev–Trinajstić information content (AvgIpc) is 2.75. The molecule has 1 N–H and O–H groups in total. The van der Waals surface area contributed by atoms with Crippen LogP contribution in [0.5, 0.6) is 0 Å². The highest BCUT2D eigenvalue weighted by molar-refractivity contribution is 7.99. The summed E-state index contributed by atoms with van der Waals surface area (Å²) in [6.07, 6.45) is 5.42. The molecule has 1 aliphatic heterocycles. The summed E-state index contributed by atoms with van der Waals surface area (Å²) in [6, 6.07) is -0.459. The van der Waals surface area contributed by atoms with Crippen LogP contribution in [0.15, 0.2) is 0 Å². The molecule has 96 valence electrons. The summed E-state index contributed by atoms with van der Waals surface area (Å²) in [6.45, 7) is 3.59. The van der Waals surface area contributed by atoms with Crippen LogP contribution >= 0.6 is 11.8 Å². The lowest BCUT2D eigenvalue weighted by Crippen LogP contribution is -2.64. The maximum absolute atomic E-state index is 12.2. The second-order valence-electron chi connectivity index (χ2n) is 4.92. The summed E-state index contributed by atoms with van der Waals surface area (Å²) in [5.41, 5.74) is 0. The molecule has 1 saturated carbocycles. The first-order valence-electron chi connectivity index (χ1n) is 6.21. The first kappa shape index (κ1) is 12.7. The summed E-state index contributed by atoms with van der Waals surface area (Å²) < 4.78 is 0. The molecule has 5 heteroatoms.